The number of methoxy groups -OCH3 is 2. The maximum atomic E-state index is 13.9. The molecule has 0 aliphatic carbocycles. The lowest BCUT2D eigenvalue weighted by molar-refractivity contribution is -0.135. The lowest BCUT2D eigenvalue weighted by Gasteiger charge is -2.30. The summed E-state index contributed by atoms with van der Waals surface area (Å²) < 4.78 is 10.6. The van der Waals surface area contributed by atoms with E-state index in [-0.39, 0.29) is 29.8 Å². The lowest BCUT2D eigenvalue weighted by Crippen LogP contribution is -2.51. The number of nitrogens with zero attached hydrogens (tertiary/aromatic N) is 5. The van der Waals surface area contributed by atoms with E-state index in [0.717, 1.165) is 69.0 Å². The van der Waals surface area contributed by atoms with Gasteiger partial charge in [0.2, 0.25) is 5.91 Å². The van der Waals surface area contributed by atoms with Gasteiger partial charge in [-0.25, -0.2) is 24.5 Å². The normalized spacial score (nSPS) is 17.5. The van der Waals surface area contributed by atoms with Crippen LogP contribution in [0.2, 0.25) is 0 Å². The van der Waals surface area contributed by atoms with Gasteiger partial charge >= 0.3 is 12.2 Å². The van der Waals surface area contributed by atoms with Crippen LogP contribution < -0.4 is 10.6 Å². The number of hydrogen-bond donors (Lipinski definition) is 4. The van der Waals surface area contributed by atoms with E-state index >= 15 is 0 Å². The fraction of sp³-hybridized carbons (Fsp3) is 0.341. The Hall–Kier alpha value is -6.55. The summed E-state index contributed by atoms with van der Waals surface area (Å²) in [5, 5.41) is 6.30. The van der Waals surface area contributed by atoms with Crippen molar-refractivity contribution >= 4 is 45.6 Å². The summed E-state index contributed by atoms with van der Waals surface area (Å²) in [6.45, 7) is 4.93. The number of fused-ring (bicyclic) bond motifs is 1. The molecule has 8 rings (SSSR count). The number of thiazole rings is 1. The predicted octanol–water partition coefficient (Wildman–Crippen LogP) is 7.55. The summed E-state index contributed by atoms with van der Waals surface area (Å²) in [5.41, 5.74) is 6.13. The van der Waals surface area contributed by atoms with Crippen LogP contribution in [0.25, 0.3) is 43.3 Å². The van der Waals surface area contributed by atoms with Crippen molar-refractivity contribution in [2.24, 2.45) is 5.92 Å². The second-order valence-corrected chi connectivity index (χ2v) is 16.4. The molecule has 60 heavy (non-hydrogen) atoms. The van der Waals surface area contributed by atoms with Gasteiger partial charge in [-0.15, -0.1) is 11.3 Å². The highest BCUT2D eigenvalue weighted by molar-refractivity contribution is 7.21. The highest BCUT2D eigenvalue weighted by atomic mass is 32.1. The van der Waals surface area contributed by atoms with Crippen LogP contribution in [-0.2, 0) is 19.1 Å². The maximum Gasteiger partial charge on any atom is 0.407 e. The van der Waals surface area contributed by atoms with Crippen molar-refractivity contribution in [2.75, 3.05) is 27.3 Å². The van der Waals surface area contributed by atoms with Crippen LogP contribution >= 0.6 is 11.3 Å². The smallest absolute Gasteiger partial charge is 0.407 e. The number of aromatic nitrogens is 5. The fourth-order valence-electron chi connectivity index (χ4n) is 8.10. The third-order valence-electron chi connectivity index (χ3n) is 11.3. The number of benzene rings is 3. The van der Waals surface area contributed by atoms with E-state index in [1.54, 1.807) is 33.5 Å². The van der Waals surface area contributed by atoms with Crippen molar-refractivity contribution in [1.29, 1.82) is 0 Å². The van der Waals surface area contributed by atoms with Crippen molar-refractivity contribution < 1.29 is 28.7 Å². The number of aromatic amines is 2. The standard InChI is InChI=1S/C44H47N9O6S/c1-25(2)36(50-43(56)58-3)41(54)52-20-8-12-33(52)38-45-23-31(47-38)26-14-16-28(17-15-26)40-49-30-19-18-29(22-35(30)60-40)32-24-46-39(48-32)34-13-9-21-53(34)42(55)37(51-44(57)59-4)27-10-6-5-7-11-27/h5-7,10-11,14-19,22-25,33-34,36-37H,8-9,12-13,20-21H2,1-4H3,(H,45,47)(H,46,48)(H,50,56)(H,51,57). The SMILES string of the molecule is COC(=O)NC(C(=O)N1CCCC1c1ncc(-c2ccc3nc(-c4ccc(-c5cnc(C6CCCN6C(=O)C(NC(=O)OC)C(C)C)[nH]5)cc4)sc3c2)[nH]1)c1ccccc1. The van der Waals surface area contributed by atoms with Crippen LogP contribution in [0.1, 0.15) is 74.9 Å². The largest absolute Gasteiger partial charge is 0.453 e. The number of nitrogens with one attached hydrogen (secondary N) is 4. The van der Waals surface area contributed by atoms with Crippen molar-refractivity contribution in [3.63, 3.8) is 0 Å². The minimum atomic E-state index is -0.888. The highest BCUT2D eigenvalue weighted by Gasteiger charge is 2.39. The van der Waals surface area contributed by atoms with E-state index in [9.17, 15) is 19.2 Å². The van der Waals surface area contributed by atoms with E-state index in [4.69, 9.17) is 19.4 Å². The van der Waals surface area contributed by atoms with Crippen molar-refractivity contribution in [1.82, 2.24) is 45.4 Å². The van der Waals surface area contributed by atoms with Gasteiger partial charge in [-0.2, -0.15) is 0 Å². The molecule has 4 atom stereocenters. The molecular weight excluding hydrogens is 783 g/mol. The van der Waals surface area contributed by atoms with Crippen molar-refractivity contribution in [3.8, 4) is 33.1 Å². The molecule has 2 saturated heterocycles. The first-order valence-corrected chi connectivity index (χ1v) is 20.9. The molecule has 2 aliphatic heterocycles. The zero-order chi connectivity index (χ0) is 41.9. The molecule has 2 aliphatic rings. The molecule has 4 amide bonds. The summed E-state index contributed by atoms with van der Waals surface area (Å²) in [4.78, 5) is 76.6. The second kappa shape index (κ2) is 17.4. The van der Waals surface area contributed by atoms with Crippen LogP contribution in [0, 0.1) is 5.92 Å². The Kier molecular flexibility index (Phi) is 11.6. The fourth-order valence-corrected chi connectivity index (χ4v) is 9.11. The van der Waals surface area contributed by atoms with Gasteiger partial charge in [-0.05, 0) is 54.9 Å². The summed E-state index contributed by atoms with van der Waals surface area (Å²) in [5.74, 6) is 0.928. The monoisotopic (exact) mass is 829 g/mol. The van der Waals surface area contributed by atoms with Crippen LogP contribution in [0.15, 0.2) is 85.2 Å². The van der Waals surface area contributed by atoms with Crippen LogP contribution in [0.5, 0.6) is 0 Å². The first-order chi connectivity index (χ1) is 29.1. The van der Waals surface area contributed by atoms with Crippen LogP contribution in [0.3, 0.4) is 0 Å². The van der Waals surface area contributed by atoms with Crippen molar-refractivity contribution in [3.05, 3.63) is 102 Å². The molecule has 15 nitrogen and oxygen atoms in total. The van der Waals surface area contributed by atoms with E-state index < -0.39 is 24.3 Å². The number of ether oxygens (including phenoxy) is 2. The lowest BCUT2D eigenvalue weighted by atomic mass is 10.0. The minimum absolute atomic E-state index is 0.112. The van der Waals surface area contributed by atoms with E-state index in [1.165, 1.54) is 14.2 Å². The molecular formula is C44H47N9O6S. The molecule has 4 N–H and O–H groups in total. The number of rotatable bonds is 11. The number of H-pyrrole nitrogens is 2. The summed E-state index contributed by atoms with van der Waals surface area (Å²) >= 11 is 1.60. The van der Waals surface area contributed by atoms with Gasteiger partial charge in [0, 0.05) is 24.2 Å². The van der Waals surface area contributed by atoms with Gasteiger partial charge in [0.15, 0.2) is 0 Å². The molecule has 3 aromatic carbocycles. The molecule has 16 heteroatoms. The number of alkyl carbamates (subject to hydrolysis) is 2. The third-order valence-corrected chi connectivity index (χ3v) is 12.3. The average molecular weight is 830 g/mol. The predicted molar refractivity (Wildman–Crippen MR) is 226 cm³/mol. The number of imidazole rings is 2. The number of carbonyl (C=O) groups is 4. The molecule has 3 aromatic heterocycles. The van der Waals surface area contributed by atoms with E-state index in [0.29, 0.717) is 30.3 Å². The number of carbonyl (C=O) groups excluding carboxylic acids is 4. The van der Waals surface area contributed by atoms with Crippen LogP contribution in [-0.4, -0.2) is 92.1 Å². The van der Waals surface area contributed by atoms with E-state index in [1.807, 2.05) is 80.6 Å². The third kappa shape index (κ3) is 8.19. The molecule has 0 bridgehead atoms. The summed E-state index contributed by atoms with van der Waals surface area (Å²) in [6, 6.07) is 21.4. The van der Waals surface area contributed by atoms with E-state index in [2.05, 4.69) is 31.7 Å². The maximum absolute atomic E-state index is 13.9. The van der Waals surface area contributed by atoms with Gasteiger partial charge in [-0.3, -0.25) is 9.59 Å². The zero-order valence-electron chi connectivity index (χ0n) is 33.8. The Bertz CT molecular complexity index is 2500. The van der Waals surface area contributed by atoms with Crippen molar-refractivity contribution in [2.45, 2.75) is 63.7 Å². The van der Waals surface area contributed by atoms with Gasteiger partial charge in [0.25, 0.3) is 5.91 Å². The highest BCUT2D eigenvalue weighted by Crippen LogP contribution is 2.37. The molecule has 310 valence electrons. The van der Waals surface area contributed by atoms with Gasteiger partial charge in [0.05, 0.1) is 60.3 Å². The quantitative estimate of drug-likeness (QED) is 0.102. The Labute approximate surface area is 350 Å². The Morgan fingerprint density at radius 2 is 1.30 bits per heavy atom. The Morgan fingerprint density at radius 1 is 0.733 bits per heavy atom. The molecule has 6 aromatic rings. The molecule has 5 heterocycles. The molecule has 0 radical (unpaired) electrons. The Morgan fingerprint density at radius 3 is 1.92 bits per heavy atom. The van der Waals surface area contributed by atoms with Gasteiger partial charge in [0.1, 0.15) is 28.7 Å². The number of hydrogen-bond acceptors (Lipinski definition) is 10. The summed E-state index contributed by atoms with van der Waals surface area (Å²) in [6.07, 6.45) is 5.46. The topological polar surface area (TPSA) is 188 Å². The Balaban J connectivity index is 0.953. The number of likely N-dealkylation sites (tertiary alicyclic amines) is 2. The number of amides is 4. The van der Waals surface area contributed by atoms with Gasteiger partial charge in [-0.1, -0.05) is 74.5 Å². The molecule has 2 fully saturated rings. The first-order valence-electron chi connectivity index (χ1n) is 20.1. The average Bonchev–Trinajstić information content (AvgIpc) is 4.13. The van der Waals surface area contributed by atoms with Crippen LogP contribution in [0.4, 0.5) is 9.59 Å². The first kappa shape index (κ1) is 40.2. The minimum Gasteiger partial charge on any atom is -0.453 e. The zero-order valence-corrected chi connectivity index (χ0v) is 34.6. The molecule has 0 spiro atoms. The second-order valence-electron chi connectivity index (χ2n) is 15.4. The molecule has 4 unspecified atom stereocenters. The molecule has 0 saturated carbocycles. The summed E-state index contributed by atoms with van der Waals surface area (Å²) in [7, 11) is 2.57. The van der Waals surface area contributed by atoms with Gasteiger partial charge < -0.3 is 39.9 Å².